The standard InChI is InChI=1S/C23H25N3O5/c1-14-18(13-26-11-10-24-22(28)19(26)12-21(27)30-3)25-23(31-14)17-8-9-20(29-2)16-7-5-4-6-15(16)17/h4-9,19H,10-13H2,1-3H3,(H,24,28). The SMILES string of the molecule is COC(=O)CC1C(=O)NCCN1Cc1nc(-c2ccc(OC)c3ccccc23)oc1C. The van der Waals surface area contributed by atoms with Crippen molar-refractivity contribution in [1.29, 1.82) is 0 Å². The monoisotopic (exact) mass is 423 g/mol. The lowest BCUT2D eigenvalue weighted by Crippen LogP contribution is -2.55. The molecule has 1 atom stereocenters. The number of nitrogens with one attached hydrogen (secondary N) is 1. The maximum Gasteiger partial charge on any atom is 0.307 e. The number of methoxy groups -OCH3 is 2. The van der Waals surface area contributed by atoms with E-state index in [0.717, 1.165) is 27.8 Å². The highest BCUT2D eigenvalue weighted by atomic mass is 16.5. The molecule has 8 heteroatoms. The molecule has 1 aliphatic rings. The Morgan fingerprint density at radius 2 is 2.00 bits per heavy atom. The minimum atomic E-state index is -0.595. The van der Waals surface area contributed by atoms with Crippen molar-refractivity contribution in [2.75, 3.05) is 27.3 Å². The third-order valence-electron chi connectivity index (χ3n) is 5.61. The quantitative estimate of drug-likeness (QED) is 0.609. The molecule has 1 aliphatic heterocycles. The predicted octanol–water partition coefficient (Wildman–Crippen LogP) is 2.68. The molecule has 1 N–H and O–H groups in total. The number of aromatic nitrogens is 1. The highest BCUT2D eigenvalue weighted by molar-refractivity contribution is 5.98. The molecule has 8 nitrogen and oxygen atoms in total. The first kappa shape index (κ1) is 20.9. The van der Waals surface area contributed by atoms with Gasteiger partial charge in [0.1, 0.15) is 17.6 Å². The summed E-state index contributed by atoms with van der Waals surface area (Å²) < 4.78 is 16.2. The molecule has 0 radical (unpaired) electrons. The summed E-state index contributed by atoms with van der Waals surface area (Å²) in [6.45, 7) is 3.39. The van der Waals surface area contributed by atoms with Crippen LogP contribution in [0.25, 0.3) is 22.2 Å². The number of oxazole rings is 1. The number of amides is 1. The van der Waals surface area contributed by atoms with Gasteiger partial charge in [-0.2, -0.15) is 0 Å². The molecule has 31 heavy (non-hydrogen) atoms. The van der Waals surface area contributed by atoms with Crippen molar-refractivity contribution in [3.05, 3.63) is 47.9 Å². The third-order valence-corrected chi connectivity index (χ3v) is 5.61. The summed E-state index contributed by atoms with van der Waals surface area (Å²) in [5.41, 5.74) is 1.60. The third kappa shape index (κ3) is 4.11. The first-order valence-corrected chi connectivity index (χ1v) is 10.1. The van der Waals surface area contributed by atoms with E-state index in [2.05, 4.69) is 5.32 Å². The first-order valence-electron chi connectivity index (χ1n) is 10.1. The van der Waals surface area contributed by atoms with Gasteiger partial charge in [-0.1, -0.05) is 24.3 Å². The predicted molar refractivity (Wildman–Crippen MR) is 115 cm³/mol. The number of rotatable bonds is 6. The fourth-order valence-corrected chi connectivity index (χ4v) is 3.93. The van der Waals surface area contributed by atoms with Crippen LogP contribution in [0.1, 0.15) is 17.9 Å². The van der Waals surface area contributed by atoms with Crippen molar-refractivity contribution < 1.29 is 23.5 Å². The molecule has 2 heterocycles. The van der Waals surface area contributed by atoms with Crippen molar-refractivity contribution in [1.82, 2.24) is 15.2 Å². The van der Waals surface area contributed by atoms with Gasteiger partial charge in [0, 0.05) is 30.6 Å². The Labute approximate surface area is 180 Å². The molecule has 1 aromatic heterocycles. The number of benzene rings is 2. The number of carbonyl (C=O) groups is 2. The average Bonchev–Trinajstić information content (AvgIpc) is 3.15. The van der Waals surface area contributed by atoms with E-state index in [4.69, 9.17) is 18.9 Å². The molecule has 1 amide bonds. The molecule has 1 unspecified atom stereocenters. The van der Waals surface area contributed by atoms with E-state index in [1.54, 1.807) is 7.11 Å². The van der Waals surface area contributed by atoms with Gasteiger partial charge in [0.2, 0.25) is 11.8 Å². The Balaban J connectivity index is 1.65. The van der Waals surface area contributed by atoms with Crippen LogP contribution in [0.4, 0.5) is 0 Å². The molecule has 0 aliphatic carbocycles. The lowest BCUT2D eigenvalue weighted by Gasteiger charge is -2.33. The van der Waals surface area contributed by atoms with Crippen LogP contribution in [0.15, 0.2) is 40.8 Å². The first-order chi connectivity index (χ1) is 15.0. The summed E-state index contributed by atoms with van der Waals surface area (Å²) in [6, 6.07) is 11.2. The molecular formula is C23H25N3O5. The van der Waals surface area contributed by atoms with Gasteiger partial charge in [-0.25, -0.2) is 4.98 Å². The average molecular weight is 423 g/mol. The number of fused-ring (bicyclic) bond motifs is 1. The number of hydrogen-bond donors (Lipinski definition) is 1. The second-order valence-corrected chi connectivity index (χ2v) is 7.44. The molecule has 1 saturated heterocycles. The van der Waals surface area contributed by atoms with E-state index >= 15 is 0 Å². The Morgan fingerprint density at radius 1 is 1.23 bits per heavy atom. The van der Waals surface area contributed by atoms with Gasteiger partial charge in [0.15, 0.2) is 0 Å². The molecule has 0 saturated carbocycles. The number of aryl methyl sites for hydroxylation is 1. The number of nitrogens with zero attached hydrogens (tertiary/aromatic N) is 2. The van der Waals surface area contributed by atoms with Crippen molar-refractivity contribution in [2.24, 2.45) is 0 Å². The zero-order valence-corrected chi connectivity index (χ0v) is 17.8. The van der Waals surface area contributed by atoms with Crippen LogP contribution in [-0.4, -0.2) is 55.1 Å². The van der Waals surface area contributed by atoms with Crippen LogP contribution in [0.2, 0.25) is 0 Å². The zero-order chi connectivity index (χ0) is 22.0. The van der Waals surface area contributed by atoms with Crippen molar-refractivity contribution >= 4 is 22.6 Å². The number of piperazine rings is 1. The van der Waals surface area contributed by atoms with Gasteiger partial charge >= 0.3 is 5.97 Å². The lowest BCUT2D eigenvalue weighted by molar-refractivity contribution is -0.146. The van der Waals surface area contributed by atoms with Gasteiger partial charge in [0.25, 0.3) is 0 Å². The summed E-state index contributed by atoms with van der Waals surface area (Å²) in [4.78, 5) is 30.8. The van der Waals surface area contributed by atoms with E-state index in [1.165, 1.54) is 7.11 Å². The fourth-order valence-electron chi connectivity index (χ4n) is 3.93. The van der Waals surface area contributed by atoms with Gasteiger partial charge in [-0.05, 0) is 24.4 Å². The molecule has 0 bridgehead atoms. The van der Waals surface area contributed by atoms with Crippen LogP contribution in [0.3, 0.4) is 0 Å². The van der Waals surface area contributed by atoms with E-state index in [9.17, 15) is 9.59 Å². The largest absolute Gasteiger partial charge is 0.496 e. The number of carbonyl (C=O) groups excluding carboxylic acids is 2. The smallest absolute Gasteiger partial charge is 0.307 e. The Kier molecular flexibility index (Phi) is 5.90. The normalized spacial score (nSPS) is 16.9. The minimum absolute atomic E-state index is 0.00475. The van der Waals surface area contributed by atoms with Crippen LogP contribution >= 0.6 is 0 Å². The van der Waals surface area contributed by atoms with E-state index < -0.39 is 12.0 Å². The molecule has 1 fully saturated rings. The van der Waals surface area contributed by atoms with Gasteiger partial charge in [-0.3, -0.25) is 14.5 Å². The Morgan fingerprint density at radius 3 is 2.74 bits per heavy atom. The van der Waals surface area contributed by atoms with E-state index in [1.807, 2.05) is 48.2 Å². The van der Waals surface area contributed by atoms with Gasteiger partial charge in [-0.15, -0.1) is 0 Å². The summed E-state index contributed by atoms with van der Waals surface area (Å²) >= 11 is 0. The number of esters is 1. The summed E-state index contributed by atoms with van der Waals surface area (Å²) in [5.74, 6) is 1.37. The van der Waals surface area contributed by atoms with Crippen LogP contribution < -0.4 is 10.1 Å². The van der Waals surface area contributed by atoms with Gasteiger partial charge < -0.3 is 19.2 Å². The molecular weight excluding hydrogens is 398 g/mol. The second-order valence-electron chi connectivity index (χ2n) is 7.44. The summed E-state index contributed by atoms with van der Waals surface area (Å²) in [7, 11) is 2.97. The molecule has 2 aromatic carbocycles. The summed E-state index contributed by atoms with van der Waals surface area (Å²) in [5, 5.41) is 4.77. The van der Waals surface area contributed by atoms with Crippen LogP contribution in [-0.2, 0) is 20.9 Å². The van der Waals surface area contributed by atoms with E-state index in [0.29, 0.717) is 31.3 Å². The minimum Gasteiger partial charge on any atom is -0.496 e. The molecule has 4 rings (SSSR count). The Bertz CT molecular complexity index is 1120. The summed E-state index contributed by atoms with van der Waals surface area (Å²) in [6.07, 6.45) is -0.00475. The Hall–Kier alpha value is -3.39. The molecule has 0 spiro atoms. The molecule has 162 valence electrons. The van der Waals surface area contributed by atoms with Crippen LogP contribution in [0, 0.1) is 6.92 Å². The van der Waals surface area contributed by atoms with Crippen LogP contribution in [0.5, 0.6) is 5.75 Å². The zero-order valence-electron chi connectivity index (χ0n) is 17.8. The topological polar surface area (TPSA) is 93.9 Å². The second kappa shape index (κ2) is 8.77. The van der Waals surface area contributed by atoms with Crippen molar-refractivity contribution in [3.63, 3.8) is 0 Å². The molecule has 3 aromatic rings. The van der Waals surface area contributed by atoms with Crippen molar-refractivity contribution in [2.45, 2.75) is 25.9 Å². The number of hydrogen-bond acceptors (Lipinski definition) is 7. The maximum atomic E-state index is 12.3. The number of ether oxygens (including phenoxy) is 2. The van der Waals surface area contributed by atoms with Crippen molar-refractivity contribution in [3.8, 4) is 17.2 Å². The van der Waals surface area contributed by atoms with E-state index in [-0.39, 0.29) is 12.3 Å². The van der Waals surface area contributed by atoms with Gasteiger partial charge in [0.05, 0.1) is 26.3 Å². The maximum absolute atomic E-state index is 12.3. The highest BCUT2D eigenvalue weighted by Gasteiger charge is 2.33. The highest BCUT2D eigenvalue weighted by Crippen LogP contribution is 2.35. The fraction of sp³-hybridized carbons (Fsp3) is 0.348. The lowest BCUT2D eigenvalue weighted by atomic mass is 10.0.